The fourth-order valence-electron chi connectivity index (χ4n) is 2.53. The molecule has 11 nitrogen and oxygen atoms in total. The highest BCUT2D eigenvalue weighted by Crippen LogP contribution is 2.40. The molecule has 2 N–H and O–H groups in total. The van der Waals surface area contributed by atoms with Crippen molar-refractivity contribution < 1.29 is 43.3 Å². The second kappa shape index (κ2) is 7.64. The summed E-state index contributed by atoms with van der Waals surface area (Å²) in [7, 11) is 3.28. The summed E-state index contributed by atoms with van der Waals surface area (Å²) in [5.74, 6) is -6.97. The van der Waals surface area contributed by atoms with Crippen LogP contribution in [0.1, 0.15) is 0 Å². The van der Waals surface area contributed by atoms with Crippen LogP contribution in [0.15, 0.2) is 11.5 Å². The van der Waals surface area contributed by atoms with Crippen molar-refractivity contribution in [3.8, 4) is 0 Å². The molecule has 0 unspecified atom stereocenters. The molecule has 0 aromatic carbocycles. The fraction of sp³-hybridized carbons (Fsp3) is 0.500. The van der Waals surface area contributed by atoms with Crippen LogP contribution >= 0.6 is 11.8 Å². The molecule has 2 heterocycles. The molecule has 2 aliphatic rings. The number of thioether (sulfide) groups is 1. The van der Waals surface area contributed by atoms with Crippen molar-refractivity contribution in [3.05, 3.63) is 11.5 Å². The first-order valence-corrected chi connectivity index (χ1v) is 8.24. The van der Waals surface area contributed by atoms with E-state index in [2.05, 4.69) is 14.8 Å². The highest BCUT2D eigenvalue weighted by atomic mass is 32.2. The number of rotatable bonds is 6. The van der Waals surface area contributed by atoms with Crippen molar-refractivity contribution in [2.45, 2.75) is 11.4 Å². The van der Waals surface area contributed by atoms with E-state index < -0.39 is 47.1 Å². The van der Waals surface area contributed by atoms with Gasteiger partial charge in [-0.2, -0.15) is 0 Å². The monoisotopic (exact) mass is 388 g/mol. The molecule has 2 amide bonds. The van der Waals surface area contributed by atoms with Crippen molar-refractivity contribution in [1.82, 2.24) is 10.2 Å². The Kier molecular flexibility index (Phi) is 5.75. The van der Waals surface area contributed by atoms with Crippen LogP contribution in [0, 0.1) is 5.92 Å². The van der Waals surface area contributed by atoms with Gasteiger partial charge in [0.2, 0.25) is 11.8 Å². The van der Waals surface area contributed by atoms with Gasteiger partial charge in [-0.25, -0.2) is 4.79 Å². The maximum absolute atomic E-state index is 12.3. The number of aliphatic carboxylic acids is 1. The fourth-order valence-corrected chi connectivity index (χ4v) is 3.84. The Balaban J connectivity index is 2.18. The summed E-state index contributed by atoms with van der Waals surface area (Å²) in [6.45, 7) is 0. The second-order valence-electron chi connectivity index (χ2n) is 5.16. The zero-order valence-corrected chi connectivity index (χ0v) is 14.8. The minimum Gasteiger partial charge on any atom is -0.498 e. The van der Waals surface area contributed by atoms with E-state index >= 15 is 0 Å². The minimum atomic E-state index is -1.88. The van der Waals surface area contributed by atoms with E-state index in [0.29, 0.717) is 0 Å². The molecule has 26 heavy (non-hydrogen) atoms. The summed E-state index contributed by atoms with van der Waals surface area (Å²) in [6.07, 6.45) is 0. The van der Waals surface area contributed by atoms with Gasteiger partial charge in [0.15, 0.2) is 5.70 Å². The van der Waals surface area contributed by atoms with Gasteiger partial charge < -0.3 is 24.6 Å². The van der Waals surface area contributed by atoms with Crippen LogP contribution in [0.3, 0.4) is 0 Å². The highest BCUT2D eigenvalue weighted by molar-refractivity contribution is 8.00. The summed E-state index contributed by atoms with van der Waals surface area (Å²) >= 11 is 1.17. The first-order chi connectivity index (χ1) is 12.3. The third kappa shape index (κ3) is 3.19. The standard InChI is InChI=1S/C14H16N2O9S/c1-23-5-4-26-11-7(10(18)16(11)8(5)12(19)20)15-9(17)6(13(21)24-2)14(22)25-3/h6-7,11H,4H2,1-3H3,(H,15,17)(H,19,20)/t7-,11+/m1/s1. The number of carboxylic acid groups (broad SMARTS) is 1. The second-order valence-corrected chi connectivity index (χ2v) is 6.26. The normalized spacial score (nSPS) is 21.5. The summed E-state index contributed by atoms with van der Waals surface area (Å²) in [5, 5.41) is 10.9. The summed E-state index contributed by atoms with van der Waals surface area (Å²) in [5.41, 5.74) is -0.302. The van der Waals surface area contributed by atoms with Gasteiger partial charge in [-0.1, -0.05) is 0 Å². The van der Waals surface area contributed by atoms with E-state index in [0.717, 1.165) is 19.1 Å². The quantitative estimate of drug-likeness (QED) is 0.306. The van der Waals surface area contributed by atoms with E-state index in [4.69, 9.17) is 4.74 Å². The van der Waals surface area contributed by atoms with E-state index in [9.17, 15) is 29.1 Å². The molecular formula is C14H16N2O9S. The molecule has 0 aliphatic carbocycles. The van der Waals surface area contributed by atoms with Crippen LogP contribution in [0.4, 0.5) is 0 Å². The lowest BCUT2D eigenvalue weighted by molar-refractivity contribution is -0.164. The number of carboxylic acids is 1. The van der Waals surface area contributed by atoms with E-state index in [1.807, 2.05) is 0 Å². The molecule has 0 aromatic rings. The molecular weight excluding hydrogens is 372 g/mol. The lowest BCUT2D eigenvalue weighted by atomic mass is 10.0. The first-order valence-electron chi connectivity index (χ1n) is 7.19. The van der Waals surface area contributed by atoms with Gasteiger partial charge in [0, 0.05) is 0 Å². The number of nitrogens with zero attached hydrogens (tertiary/aromatic N) is 1. The van der Waals surface area contributed by atoms with Crippen molar-refractivity contribution in [2.75, 3.05) is 27.1 Å². The van der Waals surface area contributed by atoms with E-state index in [1.165, 1.54) is 18.9 Å². The number of hydrogen-bond acceptors (Lipinski definition) is 9. The lowest BCUT2D eigenvalue weighted by Crippen LogP contribution is -2.71. The SMILES string of the molecule is COC(=O)C(C(=O)N[C@@H]1C(=O)N2C(C(=O)O)=C(OC)CS[C@@H]12)C(=O)OC. The maximum Gasteiger partial charge on any atom is 0.356 e. The van der Waals surface area contributed by atoms with Gasteiger partial charge >= 0.3 is 17.9 Å². The third-order valence-electron chi connectivity index (χ3n) is 3.82. The molecule has 2 aliphatic heterocycles. The van der Waals surface area contributed by atoms with Crippen LogP contribution < -0.4 is 5.32 Å². The predicted molar refractivity (Wildman–Crippen MR) is 84.2 cm³/mol. The Bertz CT molecular complexity index is 689. The van der Waals surface area contributed by atoms with Crippen molar-refractivity contribution in [2.24, 2.45) is 5.92 Å². The number of carbonyl (C=O) groups is 5. The molecule has 1 saturated heterocycles. The number of fused-ring (bicyclic) bond motifs is 1. The summed E-state index contributed by atoms with van der Waals surface area (Å²) in [6, 6.07) is -1.10. The first kappa shape index (κ1) is 19.6. The summed E-state index contributed by atoms with van der Waals surface area (Å²) in [4.78, 5) is 60.3. The number of hydrogen-bond donors (Lipinski definition) is 2. The zero-order valence-electron chi connectivity index (χ0n) is 14.0. The van der Waals surface area contributed by atoms with Gasteiger partial charge in [0.25, 0.3) is 5.91 Å². The van der Waals surface area contributed by atoms with Crippen LogP contribution in [-0.4, -0.2) is 78.2 Å². The van der Waals surface area contributed by atoms with E-state index in [1.54, 1.807) is 0 Å². The van der Waals surface area contributed by atoms with E-state index in [-0.39, 0.29) is 17.2 Å². The molecule has 2 rings (SSSR count). The molecule has 142 valence electrons. The number of esters is 2. The Morgan fingerprint density at radius 1 is 1.19 bits per heavy atom. The Morgan fingerprint density at radius 3 is 2.23 bits per heavy atom. The third-order valence-corrected chi connectivity index (χ3v) is 5.07. The molecule has 0 radical (unpaired) electrons. The average Bonchev–Trinajstić information content (AvgIpc) is 2.64. The van der Waals surface area contributed by atoms with Crippen LogP contribution in [0.2, 0.25) is 0 Å². The number of amides is 2. The number of nitrogens with one attached hydrogen (secondary N) is 1. The number of methoxy groups -OCH3 is 3. The van der Waals surface area contributed by atoms with Crippen LogP contribution in [-0.2, 0) is 38.2 Å². The average molecular weight is 388 g/mol. The Hall–Kier alpha value is -2.76. The smallest absolute Gasteiger partial charge is 0.356 e. The minimum absolute atomic E-state index is 0.124. The Labute approximate surface area is 151 Å². The van der Waals surface area contributed by atoms with Gasteiger partial charge in [0.05, 0.1) is 27.1 Å². The molecule has 0 aromatic heterocycles. The van der Waals surface area contributed by atoms with Gasteiger partial charge in [-0.15, -0.1) is 11.8 Å². The maximum atomic E-state index is 12.3. The van der Waals surface area contributed by atoms with Crippen molar-refractivity contribution >= 4 is 41.5 Å². The van der Waals surface area contributed by atoms with Crippen molar-refractivity contribution in [1.29, 1.82) is 0 Å². The number of ether oxygens (including phenoxy) is 3. The molecule has 0 bridgehead atoms. The molecule has 0 saturated carbocycles. The number of carbonyl (C=O) groups excluding carboxylic acids is 4. The number of β-lactam (4-membered cyclic amide) rings is 1. The van der Waals surface area contributed by atoms with Gasteiger partial charge in [-0.3, -0.25) is 24.1 Å². The van der Waals surface area contributed by atoms with Crippen molar-refractivity contribution in [3.63, 3.8) is 0 Å². The predicted octanol–water partition coefficient (Wildman–Crippen LogP) is -1.71. The molecule has 2 atom stereocenters. The Morgan fingerprint density at radius 2 is 1.77 bits per heavy atom. The molecule has 12 heteroatoms. The van der Waals surface area contributed by atoms with Gasteiger partial charge in [-0.05, 0) is 0 Å². The lowest BCUT2D eigenvalue weighted by Gasteiger charge is -2.49. The largest absolute Gasteiger partial charge is 0.498 e. The topological polar surface area (TPSA) is 149 Å². The van der Waals surface area contributed by atoms with Gasteiger partial charge in [0.1, 0.15) is 17.2 Å². The zero-order chi connectivity index (χ0) is 19.6. The molecule has 1 fully saturated rings. The van der Waals surface area contributed by atoms with Crippen LogP contribution in [0.25, 0.3) is 0 Å². The highest BCUT2D eigenvalue weighted by Gasteiger charge is 2.55. The van der Waals surface area contributed by atoms with Crippen LogP contribution in [0.5, 0.6) is 0 Å². The summed E-state index contributed by atoms with van der Waals surface area (Å²) < 4.78 is 13.8. The molecule has 0 spiro atoms.